The van der Waals surface area contributed by atoms with Crippen LogP contribution in [-0.2, 0) is 4.74 Å². The van der Waals surface area contributed by atoms with E-state index in [-0.39, 0.29) is 6.10 Å². The molecule has 14 heavy (non-hydrogen) atoms. The molecule has 1 heterocycles. The topological polar surface area (TPSA) is 57.9 Å². The van der Waals surface area contributed by atoms with Crippen molar-refractivity contribution in [2.75, 3.05) is 19.0 Å². The fraction of sp³-hybridized carbons (Fsp3) is 0.400. The minimum Gasteiger partial charge on any atom is -0.381 e. The van der Waals surface area contributed by atoms with Crippen molar-refractivity contribution < 1.29 is 4.74 Å². The maximum Gasteiger partial charge on any atom is 0.103 e. The fourth-order valence-corrected chi connectivity index (χ4v) is 0.975. The Kier molecular flexibility index (Phi) is 3.89. The number of ether oxygens (including phenoxy) is 1. The van der Waals surface area contributed by atoms with E-state index in [1.807, 2.05) is 6.92 Å². The Balaban J connectivity index is 2.63. The lowest BCUT2D eigenvalue weighted by Gasteiger charge is -2.12. The molecule has 0 aliphatic carbocycles. The second-order valence-electron chi connectivity index (χ2n) is 2.96. The molecule has 0 fully saturated rings. The normalized spacial score (nSPS) is 11.8. The molecule has 4 heteroatoms. The van der Waals surface area contributed by atoms with Gasteiger partial charge < -0.3 is 10.1 Å². The molecular weight excluding hydrogens is 178 g/mol. The Morgan fingerprint density at radius 3 is 3.14 bits per heavy atom. The summed E-state index contributed by atoms with van der Waals surface area (Å²) in [4.78, 5) is 3.87. The smallest absolute Gasteiger partial charge is 0.103 e. The number of hydrogen-bond donors (Lipinski definition) is 1. The second-order valence-corrected chi connectivity index (χ2v) is 2.96. The van der Waals surface area contributed by atoms with Gasteiger partial charge in [-0.1, -0.05) is 0 Å². The molecule has 0 bridgehead atoms. The van der Waals surface area contributed by atoms with Crippen molar-refractivity contribution in [3.63, 3.8) is 0 Å². The summed E-state index contributed by atoms with van der Waals surface area (Å²) >= 11 is 0. The van der Waals surface area contributed by atoms with Crippen molar-refractivity contribution in [1.82, 2.24) is 4.98 Å². The molecule has 0 spiro atoms. The van der Waals surface area contributed by atoms with Crippen LogP contribution >= 0.6 is 0 Å². The van der Waals surface area contributed by atoms with Gasteiger partial charge in [-0.2, -0.15) is 5.26 Å². The summed E-state index contributed by atoms with van der Waals surface area (Å²) in [5, 5.41) is 11.9. The van der Waals surface area contributed by atoms with Crippen LogP contribution in [0.5, 0.6) is 0 Å². The molecule has 0 saturated carbocycles. The first-order chi connectivity index (χ1) is 6.77. The number of methoxy groups -OCH3 is 1. The SMILES string of the molecule is COC(C)CNc1ccncc1C#N. The minimum atomic E-state index is 0.120. The lowest BCUT2D eigenvalue weighted by molar-refractivity contribution is 0.129. The van der Waals surface area contributed by atoms with Crippen molar-refractivity contribution >= 4 is 5.69 Å². The quantitative estimate of drug-likeness (QED) is 0.781. The third kappa shape index (κ3) is 2.71. The Hall–Kier alpha value is -1.60. The molecule has 0 aliphatic heterocycles. The van der Waals surface area contributed by atoms with Gasteiger partial charge in [0.2, 0.25) is 0 Å². The highest BCUT2D eigenvalue weighted by molar-refractivity contribution is 5.55. The van der Waals surface area contributed by atoms with Gasteiger partial charge in [0, 0.05) is 26.0 Å². The Morgan fingerprint density at radius 2 is 2.50 bits per heavy atom. The third-order valence-electron chi connectivity index (χ3n) is 1.92. The Bertz CT molecular complexity index is 332. The van der Waals surface area contributed by atoms with E-state index in [9.17, 15) is 0 Å². The number of nitriles is 1. The molecule has 0 aromatic carbocycles. The van der Waals surface area contributed by atoms with Gasteiger partial charge in [0.05, 0.1) is 17.4 Å². The summed E-state index contributed by atoms with van der Waals surface area (Å²) in [5.41, 5.74) is 1.35. The third-order valence-corrected chi connectivity index (χ3v) is 1.92. The average Bonchev–Trinajstić information content (AvgIpc) is 2.26. The van der Waals surface area contributed by atoms with Gasteiger partial charge in [0.25, 0.3) is 0 Å². The minimum absolute atomic E-state index is 0.120. The van der Waals surface area contributed by atoms with Crippen LogP contribution in [0.2, 0.25) is 0 Å². The molecule has 0 aliphatic rings. The van der Waals surface area contributed by atoms with E-state index in [4.69, 9.17) is 10.00 Å². The number of rotatable bonds is 4. The highest BCUT2D eigenvalue weighted by Crippen LogP contribution is 2.11. The summed E-state index contributed by atoms with van der Waals surface area (Å²) in [6, 6.07) is 3.85. The standard InChI is InChI=1S/C10H13N3O/c1-8(14-2)6-13-10-3-4-12-7-9(10)5-11/h3-4,7-8H,6H2,1-2H3,(H,12,13). The zero-order chi connectivity index (χ0) is 10.4. The summed E-state index contributed by atoms with van der Waals surface area (Å²) in [5.74, 6) is 0. The summed E-state index contributed by atoms with van der Waals surface area (Å²) in [6.07, 6.45) is 3.31. The highest BCUT2D eigenvalue weighted by atomic mass is 16.5. The van der Waals surface area contributed by atoms with Crippen LogP contribution < -0.4 is 5.32 Å². The lowest BCUT2D eigenvalue weighted by atomic mass is 10.2. The summed E-state index contributed by atoms with van der Waals surface area (Å²) in [7, 11) is 1.66. The average molecular weight is 191 g/mol. The lowest BCUT2D eigenvalue weighted by Crippen LogP contribution is -2.18. The number of pyridine rings is 1. The van der Waals surface area contributed by atoms with Gasteiger partial charge in [-0.05, 0) is 13.0 Å². The Labute approximate surface area is 83.5 Å². The van der Waals surface area contributed by atoms with Crippen molar-refractivity contribution in [2.24, 2.45) is 0 Å². The molecular formula is C10H13N3O. The highest BCUT2D eigenvalue weighted by Gasteiger charge is 2.02. The van der Waals surface area contributed by atoms with Crippen LogP contribution in [0.15, 0.2) is 18.5 Å². The van der Waals surface area contributed by atoms with Crippen LogP contribution in [0.25, 0.3) is 0 Å². The monoisotopic (exact) mass is 191 g/mol. The molecule has 0 amide bonds. The number of aromatic nitrogens is 1. The maximum absolute atomic E-state index is 8.78. The fourth-order valence-electron chi connectivity index (χ4n) is 0.975. The number of nitrogens with one attached hydrogen (secondary N) is 1. The molecule has 1 N–H and O–H groups in total. The van der Waals surface area contributed by atoms with E-state index in [1.165, 1.54) is 0 Å². The van der Waals surface area contributed by atoms with E-state index < -0.39 is 0 Å². The van der Waals surface area contributed by atoms with Crippen LogP contribution in [0.1, 0.15) is 12.5 Å². The predicted molar refractivity (Wildman–Crippen MR) is 53.9 cm³/mol. The molecule has 1 unspecified atom stereocenters. The first-order valence-electron chi connectivity index (χ1n) is 4.38. The molecule has 0 radical (unpaired) electrons. The van der Waals surface area contributed by atoms with E-state index in [0.29, 0.717) is 12.1 Å². The second kappa shape index (κ2) is 5.20. The first kappa shape index (κ1) is 10.5. The van der Waals surface area contributed by atoms with Gasteiger partial charge in [-0.15, -0.1) is 0 Å². The molecule has 1 atom stereocenters. The van der Waals surface area contributed by atoms with Crippen molar-refractivity contribution in [1.29, 1.82) is 5.26 Å². The largest absolute Gasteiger partial charge is 0.381 e. The number of hydrogen-bond acceptors (Lipinski definition) is 4. The number of nitrogens with zero attached hydrogens (tertiary/aromatic N) is 2. The van der Waals surface area contributed by atoms with Gasteiger partial charge >= 0.3 is 0 Å². The zero-order valence-corrected chi connectivity index (χ0v) is 8.32. The van der Waals surface area contributed by atoms with Gasteiger partial charge in [-0.25, -0.2) is 0 Å². The number of anilines is 1. The molecule has 1 aromatic rings. The van der Waals surface area contributed by atoms with Gasteiger partial charge in [0.15, 0.2) is 0 Å². The summed E-state index contributed by atoms with van der Waals surface area (Å²) in [6.45, 7) is 2.63. The molecule has 0 saturated heterocycles. The Morgan fingerprint density at radius 1 is 1.71 bits per heavy atom. The molecule has 1 rings (SSSR count). The predicted octanol–water partition coefficient (Wildman–Crippen LogP) is 1.40. The zero-order valence-electron chi connectivity index (χ0n) is 8.32. The van der Waals surface area contributed by atoms with Crippen LogP contribution in [0, 0.1) is 11.3 Å². The maximum atomic E-state index is 8.78. The van der Waals surface area contributed by atoms with Crippen LogP contribution in [0.3, 0.4) is 0 Å². The van der Waals surface area contributed by atoms with E-state index >= 15 is 0 Å². The summed E-state index contributed by atoms with van der Waals surface area (Å²) < 4.78 is 5.08. The van der Waals surface area contributed by atoms with Crippen molar-refractivity contribution in [3.8, 4) is 6.07 Å². The molecule has 74 valence electrons. The van der Waals surface area contributed by atoms with Crippen LogP contribution in [-0.4, -0.2) is 24.7 Å². The first-order valence-corrected chi connectivity index (χ1v) is 4.38. The van der Waals surface area contributed by atoms with Crippen LogP contribution in [0.4, 0.5) is 5.69 Å². The van der Waals surface area contributed by atoms with E-state index in [1.54, 1.807) is 25.6 Å². The van der Waals surface area contributed by atoms with E-state index in [2.05, 4.69) is 16.4 Å². The van der Waals surface area contributed by atoms with E-state index in [0.717, 1.165) is 5.69 Å². The van der Waals surface area contributed by atoms with Gasteiger partial charge in [-0.3, -0.25) is 4.98 Å². The van der Waals surface area contributed by atoms with Gasteiger partial charge in [0.1, 0.15) is 6.07 Å². The van der Waals surface area contributed by atoms with Crippen molar-refractivity contribution in [2.45, 2.75) is 13.0 Å². The van der Waals surface area contributed by atoms with Crippen molar-refractivity contribution in [3.05, 3.63) is 24.0 Å². The molecule has 1 aromatic heterocycles. The molecule has 4 nitrogen and oxygen atoms in total.